The summed E-state index contributed by atoms with van der Waals surface area (Å²) in [6, 6.07) is 12.6. The highest BCUT2D eigenvalue weighted by Gasteiger charge is 2.22. The number of piperidine rings is 1. The minimum absolute atomic E-state index is 0.181. The molecule has 0 bridgehead atoms. The van der Waals surface area contributed by atoms with Crippen LogP contribution < -0.4 is 4.74 Å². The highest BCUT2D eigenvalue weighted by atomic mass is 16.5. The monoisotopic (exact) mass is 308 g/mol. The van der Waals surface area contributed by atoms with Crippen molar-refractivity contribution in [1.82, 2.24) is 19.9 Å². The largest absolute Gasteiger partial charge is 0.472 e. The lowest BCUT2D eigenvalue weighted by atomic mass is 10.1. The molecule has 0 spiro atoms. The lowest BCUT2D eigenvalue weighted by Gasteiger charge is -2.32. The van der Waals surface area contributed by atoms with Gasteiger partial charge in [0.1, 0.15) is 18.1 Å². The van der Waals surface area contributed by atoms with Gasteiger partial charge in [-0.05, 0) is 31.0 Å². The second kappa shape index (κ2) is 6.38. The van der Waals surface area contributed by atoms with Gasteiger partial charge in [-0.2, -0.15) is 0 Å². The molecule has 3 aromatic rings. The summed E-state index contributed by atoms with van der Waals surface area (Å²) >= 11 is 0. The predicted molar refractivity (Wildman–Crippen MR) is 89.3 cm³/mol. The number of aromatic nitrogens is 3. The van der Waals surface area contributed by atoms with E-state index in [9.17, 15) is 0 Å². The van der Waals surface area contributed by atoms with Crippen molar-refractivity contribution in [2.45, 2.75) is 25.5 Å². The molecule has 0 amide bonds. The number of likely N-dealkylation sites (tertiary alicyclic amines) is 1. The lowest BCUT2D eigenvalue weighted by Crippen LogP contribution is -2.40. The van der Waals surface area contributed by atoms with E-state index >= 15 is 0 Å². The zero-order valence-corrected chi connectivity index (χ0v) is 13.0. The van der Waals surface area contributed by atoms with E-state index in [1.54, 1.807) is 6.33 Å². The summed E-state index contributed by atoms with van der Waals surface area (Å²) in [5.41, 5.74) is 2.18. The van der Waals surface area contributed by atoms with Crippen molar-refractivity contribution in [1.29, 1.82) is 0 Å². The average Bonchev–Trinajstić information content (AvgIpc) is 3.06. The van der Waals surface area contributed by atoms with Gasteiger partial charge < -0.3 is 9.72 Å². The first-order valence-electron chi connectivity index (χ1n) is 8.09. The molecule has 2 aromatic heterocycles. The minimum atomic E-state index is 0.181. The Balaban J connectivity index is 1.44. The van der Waals surface area contributed by atoms with E-state index in [2.05, 4.69) is 50.2 Å². The van der Waals surface area contributed by atoms with Crippen LogP contribution in [0.25, 0.3) is 11.0 Å². The summed E-state index contributed by atoms with van der Waals surface area (Å²) in [6.07, 6.45) is 5.83. The fraction of sp³-hybridized carbons (Fsp3) is 0.333. The van der Waals surface area contributed by atoms with E-state index in [0.29, 0.717) is 5.88 Å². The van der Waals surface area contributed by atoms with Crippen molar-refractivity contribution in [2.24, 2.45) is 0 Å². The van der Waals surface area contributed by atoms with Crippen LogP contribution in [-0.4, -0.2) is 39.0 Å². The SMILES string of the molecule is c1ccc(CN2CCCC(Oc3ncnc4[nH]ccc34)C2)cc1. The first kappa shape index (κ1) is 14.2. The van der Waals surface area contributed by atoms with Crippen LogP contribution in [0.15, 0.2) is 48.9 Å². The Morgan fingerprint density at radius 1 is 1.17 bits per heavy atom. The van der Waals surface area contributed by atoms with Crippen molar-refractivity contribution >= 4 is 11.0 Å². The predicted octanol–water partition coefficient (Wildman–Crippen LogP) is 3.00. The van der Waals surface area contributed by atoms with Crippen LogP contribution in [0.5, 0.6) is 5.88 Å². The number of hydrogen-bond donors (Lipinski definition) is 1. The number of hydrogen-bond acceptors (Lipinski definition) is 4. The molecule has 1 aliphatic rings. The molecule has 1 aliphatic heterocycles. The molecule has 1 atom stereocenters. The van der Waals surface area contributed by atoms with Crippen LogP contribution in [0.2, 0.25) is 0 Å². The molecule has 3 heterocycles. The molecular formula is C18H20N4O. The fourth-order valence-electron chi connectivity index (χ4n) is 3.19. The van der Waals surface area contributed by atoms with Crippen molar-refractivity contribution in [3.8, 4) is 5.88 Å². The molecule has 118 valence electrons. The Bertz CT molecular complexity index is 771. The van der Waals surface area contributed by atoms with Crippen molar-refractivity contribution in [2.75, 3.05) is 13.1 Å². The molecule has 5 heteroatoms. The van der Waals surface area contributed by atoms with Crippen LogP contribution in [0.3, 0.4) is 0 Å². The maximum absolute atomic E-state index is 6.18. The third kappa shape index (κ3) is 3.19. The second-order valence-corrected chi connectivity index (χ2v) is 6.02. The minimum Gasteiger partial charge on any atom is -0.472 e. The van der Waals surface area contributed by atoms with Crippen LogP contribution in [0.4, 0.5) is 0 Å². The van der Waals surface area contributed by atoms with Gasteiger partial charge in [-0.3, -0.25) is 4.90 Å². The quantitative estimate of drug-likeness (QED) is 0.805. The third-order valence-corrected chi connectivity index (χ3v) is 4.31. The fourth-order valence-corrected chi connectivity index (χ4v) is 3.19. The number of nitrogens with zero attached hydrogens (tertiary/aromatic N) is 3. The smallest absolute Gasteiger partial charge is 0.226 e. The van der Waals surface area contributed by atoms with Crippen LogP contribution >= 0.6 is 0 Å². The molecule has 0 saturated carbocycles. The van der Waals surface area contributed by atoms with Gasteiger partial charge in [-0.15, -0.1) is 0 Å². The molecule has 1 saturated heterocycles. The van der Waals surface area contributed by atoms with E-state index in [0.717, 1.165) is 43.5 Å². The van der Waals surface area contributed by atoms with E-state index in [-0.39, 0.29) is 6.10 Å². The average molecular weight is 308 g/mol. The highest BCUT2D eigenvalue weighted by Crippen LogP contribution is 2.24. The summed E-state index contributed by atoms with van der Waals surface area (Å²) < 4.78 is 6.18. The highest BCUT2D eigenvalue weighted by molar-refractivity contribution is 5.80. The van der Waals surface area contributed by atoms with Gasteiger partial charge in [-0.1, -0.05) is 30.3 Å². The van der Waals surface area contributed by atoms with Crippen LogP contribution in [0, 0.1) is 0 Å². The number of aromatic amines is 1. The zero-order chi connectivity index (χ0) is 15.5. The van der Waals surface area contributed by atoms with Crippen molar-refractivity contribution < 1.29 is 4.74 Å². The molecule has 0 radical (unpaired) electrons. The first-order chi connectivity index (χ1) is 11.4. The van der Waals surface area contributed by atoms with Gasteiger partial charge in [-0.25, -0.2) is 9.97 Å². The lowest BCUT2D eigenvalue weighted by molar-refractivity contribution is 0.0821. The van der Waals surface area contributed by atoms with E-state index in [4.69, 9.17) is 4.74 Å². The molecule has 1 N–H and O–H groups in total. The Labute approximate surface area is 135 Å². The maximum atomic E-state index is 6.18. The Kier molecular flexibility index (Phi) is 3.94. The maximum Gasteiger partial charge on any atom is 0.226 e. The topological polar surface area (TPSA) is 54.0 Å². The Morgan fingerprint density at radius 2 is 2.09 bits per heavy atom. The number of fused-ring (bicyclic) bond motifs is 1. The number of benzene rings is 1. The number of ether oxygens (including phenoxy) is 1. The summed E-state index contributed by atoms with van der Waals surface area (Å²) in [7, 11) is 0. The van der Waals surface area contributed by atoms with Crippen LogP contribution in [-0.2, 0) is 6.54 Å². The van der Waals surface area contributed by atoms with Gasteiger partial charge in [0.05, 0.1) is 5.39 Å². The number of H-pyrrole nitrogens is 1. The zero-order valence-electron chi connectivity index (χ0n) is 13.0. The second-order valence-electron chi connectivity index (χ2n) is 6.02. The van der Waals surface area contributed by atoms with Crippen molar-refractivity contribution in [3.63, 3.8) is 0 Å². The molecule has 0 aliphatic carbocycles. The van der Waals surface area contributed by atoms with Gasteiger partial charge >= 0.3 is 0 Å². The summed E-state index contributed by atoms with van der Waals surface area (Å²) in [5, 5.41) is 0.952. The van der Waals surface area contributed by atoms with E-state index in [1.165, 1.54) is 5.56 Å². The molecule has 1 aromatic carbocycles. The van der Waals surface area contributed by atoms with Gasteiger partial charge in [0.25, 0.3) is 0 Å². The van der Waals surface area contributed by atoms with E-state index in [1.807, 2.05) is 12.3 Å². The molecule has 1 unspecified atom stereocenters. The molecule has 5 nitrogen and oxygen atoms in total. The summed E-state index contributed by atoms with van der Waals surface area (Å²) in [6.45, 7) is 3.03. The van der Waals surface area contributed by atoms with Gasteiger partial charge in [0, 0.05) is 19.3 Å². The molecular weight excluding hydrogens is 288 g/mol. The number of nitrogens with one attached hydrogen (secondary N) is 1. The molecule has 23 heavy (non-hydrogen) atoms. The number of rotatable bonds is 4. The van der Waals surface area contributed by atoms with Crippen LogP contribution in [0.1, 0.15) is 18.4 Å². The third-order valence-electron chi connectivity index (χ3n) is 4.31. The van der Waals surface area contributed by atoms with Crippen molar-refractivity contribution in [3.05, 3.63) is 54.5 Å². The van der Waals surface area contributed by atoms with Gasteiger partial charge in [0.15, 0.2) is 0 Å². The first-order valence-corrected chi connectivity index (χ1v) is 8.09. The van der Waals surface area contributed by atoms with Gasteiger partial charge in [0.2, 0.25) is 5.88 Å². The van der Waals surface area contributed by atoms with E-state index < -0.39 is 0 Å². The summed E-state index contributed by atoms with van der Waals surface area (Å²) in [5.74, 6) is 0.683. The Hall–Kier alpha value is -2.40. The Morgan fingerprint density at radius 3 is 3.00 bits per heavy atom. The normalized spacial score (nSPS) is 19.0. The standard InChI is InChI=1S/C18H20N4O/c1-2-5-14(6-3-1)11-22-10-4-7-15(12-22)23-18-16-8-9-19-17(16)20-13-21-18/h1-3,5-6,8-9,13,15H,4,7,10-12H2,(H,19,20,21). The molecule has 1 fully saturated rings. The molecule has 4 rings (SSSR count). The summed E-state index contributed by atoms with van der Waals surface area (Å²) in [4.78, 5) is 14.1.